The third kappa shape index (κ3) is 3.97. The highest BCUT2D eigenvalue weighted by atomic mass is 35.5. The first-order valence-corrected chi connectivity index (χ1v) is 12.3. The van der Waals surface area contributed by atoms with Crippen molar-refractivity contribution in [2.24, 2.45) is 0 Å². The molecule has 0 saturated carbocycles. The summed E-state index contributed by atoms with van der Waals surface area (Å²) < 4.78 is 7.59. The summed E-state index contributed by atoms with van der Waals surface area (Å²) in [6, 6.07) is 13.5. The highest BCUT2D eigenvalue weighted by Crippen LogP contribution is 2.34. The maximum absolute atomic E-state index is 13.5. The molecule has 1 atom stereocenters. The molecule has 1 N–H and O–H groups in total. The topological polar surface area (TPSA) is 68.0 Å². The number of aryl methyl sites for hydroxylation is 3. The molecular formula is C27H24ClN3O2S. The van der Waals surface area contributed by atoms with Crippen molar-refractivity contribution in [3.8, 4) is 11.3 Å². The fourth-order valence-electron chi connectivity index (χ4n) is 4.34. The van der Waals surface area contributed by atoms with Gasteiger partial charge in [0, 0.05) is 16.7 Å². The van der Waals surface area contributed by atoms with Gasteiger partial charge in [-0.05, 0) is 76.6 Å². The quantitative estimate of drug-likeness (QED) is 0.264. The van der Waals surface area contributed by atoms with E-state index in [1.807, 2.05) is 58.9 Å². The van der Waals surface area contributed by atoms with Crippen LogP contribution in [0.5, 0.6) is 0 Å². The molecule has 34 heavy (non-hydrogen) atoms. The van der Waals surface area contributed by atoms with Gasteiger partial charge in [0.1, 0.15) is 16.5 Å². The number of hydrogen-bond donors (Lipinski definition) is 1. The van der Waals surface area contributed by atoms with E-state index in [2.05, 4.69) is 27.4 Å². The van der Waals surface area contributed by atoms with Crippen LogP contribution in [0.3, 0.4) is 0 Å². The maximum atomic E-state index is 13.5. The van der Waals surface area contributed by atoms with Gasteiger partial charge in [0.05, 0.1) is 38.0 Å². The largest absolute Gasteiger partial charge is 0.455 e. The molecule has 0 bridgehead atoms. The second-order valence-corrected chi connectivity index (χ2v) is 10.3. The summed E-state index contributed by atoms with van der Waals surface area (Å²) in [7, 11) is 0. The number of aromatic nitrogens is 2. The summed E-state index contributed by atoms with van der Waals surface area (Å²) in [5, 5.41) is 5.55. The van der Waals surface area contributed by atoms with Crippen molar-refractivity contribution in [2.75, 3.05) is 5.32 Å². The van der Waals surface area contributed by atoms with Gasteiger partial charge in [-0.25, -0.2) is 9.97 Å². The first kappa shape index (κ1) is 22.6. The second kappa shape index (κ2) is 8.53. The number of fused-ring (bicyclic) bond motifs is 2. The van der Waals surface area contributed by atoms with Gasteiger partial charge >= 0.3 is 0 Å². The van der Waals surface area contributed by atoms with Gasteiger partial charge in [-0.2, -0.15) is 0 Å². The van der Waals surface area contributed by atoms with Crippen LogP contribution in [0, 0.1) is 27.7 Å². The van der Waals surface area contributed by atoms with Gasteiger partial charge in [-0.1, -0.05) is 17.7 Å². The van der Waals surface area contributed by atoms with E-state index >= 15 is 0 Å². The fraction of sp³-hybridized carbons (Fsp3) is 0.222. The third-order valence-electron chi connectivity index (χ3n) is 6.04. The second-order valence-electron chi connectivity index (χ2n) is 8.66. The van der Waals surface area contributed by atoms with E-state index in [-0.39, 0.29) is 11.5 Å². The van der Waals surface area contributed by atoms with Gasteiger partial charge in [0.15, 0.2) is 5.43 Å². The van der Waals surface area contributed by atoms with Crippen molar-refractivity contribution in [3.63, 3.8) is 0 Å². The highest BCUT2D eigenvalue weighted by molar-refractivity contribution is 7.18. The Bertz CT molecular complexity index is 1640. The molecule has 3 heterocycles. The lowest BCUT2D eigenvalue weighted by Gasteiger charge is -2.19. The average Bonchev–Trinajstić information content (AvgIpc) is 3.17. The number of nitrogens with zero attached hydrogens (tertiary/aromatic N) is 2. The van der Waals surface area contributed by atoms with Crippen molar-refractivity contribution in [1.29, 1.82) is 0 Å². The predicted octanol–water partition coefficient (Wildman–Crippen LogP) is 7.52. The Kier molecular flexibility index (Phi) is 5.66. The van der Waals surface area contributed by atoms with E-state index in [4.69, 9.17) is 16.0 Å². The summed E-state index contributed by atoms with van der Waals surface area (Å²) in [4.78, 5) is 22.3. The number of hydrogen-bond acceptors (Lipinski definition) is 6. The number of halogens is 1. The molecule has 0 fully saturated rings. The molecule has 5 rings (SSSR count). The Labute approximate surface area is 206 Å². The molecule has 0 radical (unpaired) electrons. The summed E-state index contributed by atoms with van der Waals surface area (Å²) in [5.74, 6) is 0.590. The van der Waals surface area contributed by atoms with E-state index in [1.54, 1.807) is 17.4 Å². The highest BCUT2D eigenvalue weighted by Gasteiger charge is 2.20. The first-order chi connectivity index (χ1) is 16.2. The molecule has 0 spiro atoms. The van der Waals surface area contributed by atoms with Crippen molar-refractivity contribution in [2.45, 2.75) is 40.7 Å². The molecule has 2 aromatic carbocycles. The molecule has 3 aromatic heterocycles. The van der Waals surface area contributed by atoms with E-state index in [0.717, 1.165) is 43.3 Å². The van der Waals surface area contributed by atoms with Crippen LogP contribution in [0.2, 0.25) is 5.15 Å². The van der Waals surface area contributed by atoms with Gasteiger partial charge in [0.2, 0.25) is 0 Å². The zero-order chi connectivity index (χ0) is 24.1. The number of thiazole rings is 1. The lowest BCUT2D eigenvalue weighted by atomic mass is 9.98. The van der Waals surface area contributed by atoms with Crippen LogP contribution in [0.1, 0.15) is 40.4 Å². The molecule has 0 aliphatic heterocycles. The van der Waals surface area contributed by atoms with Crippen molar-refractivity contribution in [1.82, 2.24) is 9.97 Å². The van der Waals surface area contributed by atoms with Gasteiger partial charge in [-0.15, -0.1) is 11.3 Å². The van der Waals surface area contributed by atoms with E-state index in [9.17, 15) is 4.79 Å². The average molecular weight is 490 g/mol. The van der Waals surface area contributed by atoms with Crippen LogP contribution in [0.15, 0.2) is 51.7 Å². The number of anilines is 1. The Hall–Kier alpha value is -3.22. The lowest BCUT2D eigenvalue weighted by Crippen LogP contribution is -2.13. The molecule has 5 nitrogen and oxygen atoms in total. The van der Waals surface area contributed by atoms with Crippen molar-refractivity contribution >= 4 is 49.8 Å². The molecule has 172 valence electrons. The minimum atomic E-state index is -0.130. The van der Waals surface area contributed by atoms with Gasteiger partial charge in [0.25, 0.3) is 0 Å². The zero-order valence-corrected chi connectivity index (χ0v) is 21.2. The van der Waals surface area contributed by atoms with Crippen LogP contribution in [0.25, 0.3) is 32.5 Å². The smallest absolute Gasteiger partial charge is 0.196 e. The summed E-state index contributed by atoms with van der Waals surface area (Å²) in [6.45, 7) is 9.78. The van der Waals surface area contributed by atoms with Crippen LogP contribution >= 0.6 is 22.9 Å². The third-order valence-corrected chi connectivity index (χ3v) is 7.18. The number of pyridine rings is 1. The molecule has 0 saturated heterocycles. The Morgan fingerprint density at radius 2 is 1.82 bits per heavy atom. The normalized spacial score (nSPS) is 12.4. The molecule has 0 aliphatic carbocycles. The van der Waals surface area contributed by atoms with E-state index < -0.39 is 0 Å². The number of benzene rings is 2. The SMILES string of the molecule is Cc1cc(C(C)Nc2ccc(Cl)nc2C)c2oc(-c3ccc4nc(C)sc4c3)c(C)c(=O)c2c1. The van der Waals surface area contributed by atoms with Crippen LogP contribution < -0.4 is 10.7 Å². The first-order valence-electron chi connectivity index (χ1n) is 11.1. The monoisotopic (exact) mass is 489 g/mol. The van der Waals surface area contributed by atoms with E-state index in [1.165, 1.54) is 0 Å². The van der Waals surface area contributed by atoms with Crippen molar-refractivity contribution in [3.05, 3.63) is 85.2 Å². The molecule has 1 unspecified atom stereocenters. The Morgan fingerprint density at radius 3 is 2.59 bits per heavy atom. The van der Waals surface area contributed by atoms with Gasteiger partial charge < -0.3 is 9.73 Å². The van der Waals surface area contributed by atoms with Gasteiger partial charge in [-0.3, -0.25) is 4.79 Å². The Balaban J connectivity index is 1.67. The van der Waals surface area contributed by atoms with E-state index in [0.29, 0.717) is 27.4 Å². The number of rotatable bonds is 4. The van der Waals surface area contributed by atoms with Crippen LogP contribution in [-0.4, -0.2) is 9.97 Å². The predicted molar refractivity (Wildman–Crippen MR) is 141 cm³/mol. The molecule has 5 aromatic rings. The van der Waals surface area contributed by atoms with Crippen LogP contribution in [0.4, 0.5) is 5.69 Å². The minimum absolute atomic E-state index is 0.0154. The molecular weight excluding hydrogens is 466 g/mol. The molecule has 7 heteroatoms. The summed E-state index contributed by atoms with van der Waals surface area (Å²) in [5.41, 5.74) is 6.61. The summed E-state index contributed by atoms with van der Waals surface area (Å²) >= 11 is 7.66. The van der Waals surface area contributed by atoms with Crippen molar-refractivity contribution < 1.29 is 4.42 Å². The fourth-order valence-corrected chi connectivity index (χ4v) is 5.40. The maximum Gasteiger partial charge on any atom is 0.196 e. The Morgan fingerprint density at radius 1 is 1.03 bits per heavy atom. The molecule has 0 amide bonds. The van der Waals surface area contributed by atoms with Crippen LogP contribution in [-0.2, 0) is 0 Å². The number of nitrogens with one attached hydrogen (secondary N) is 1. The summed E-state index contributed by atoms with van der Waals surface area (Å²) in [6.07, 6.45) is 0. The minimum Gasteiger partial charge on any atom is -0.455 e. The zero-order valence-electron chi connectivity index (χ0n) is 19.6. The standard InChI is InChI=1S/C27H24ClN3O2S/c1-13-10-19(15(3)29-21-8-9-24(28)30-16(21)4)27-20(11-13)25(32)14(2)26(33-27)18-6-7-22-23(12-18)34-17(5)31-22/h6-12,15,29H,1-5H3. The molecule has 0 aliphatic rings. The lowest BCUT2D eigenvalue weighted by molar-refractivity contribution is 0.605.